The van der Waals surface area contributed by atoms with Gasteiger partial charge in [-0.1, -0.05) is 30.3 Å². The molecule has 152 valence electrons. The number of nitrogens with zero attached hydrogens (tertiary/aromatic N) is 5. The van der Waals surface area contributed by atoms with E-state index in [-0.39, 0.29) is 11.6 Å². The van der Waals surface area contributed by atoms with Crippen LogP contribution >= 0.6 is 0 Å². The Morgan fingerprint density at radius 3 is 2.52 bits per heavy atom. The Kier molecular flexibility index (Phi) is 5.57. The van der Waals surface area contributed by atoms with Crippen molar-refractivity contribution in [3.05, 3.63) is 107 Å². The van der Waals surface area contributed by atoms with Crippen LogP contribution in [0.5, 0.6) is 0 Å². The Hall–Kier alpha value is -4.66. The zero-order chi connectivity index (χ0) is 21.6. The lowest BCUT2D eigenvalue weighted by Crippen LogP contribution is -2.17. The molecule has 0 unspecified atom stereocenters. The zero-order valence-corrected chi connectivity index (χ0v) is 16.1. The van der Waals surface area contributed by atoms with Crippen LogP contribution in [-0.4, -0.2) is 31.8 Å². The smallest absolute Gasteiger partial charge is 0.267 e. The quantitative estimate of drug-likeness (QED) is 0.295. The summed E-state index contributed by atoms with van der Waals surface area (Å²) in [6.45, 7) is 0. The van der Waals surface area contributed by atoms with Crippen LogP contribution in [0.25, 0.3) is 16.9 Å². The van der Waals surface area contributed by atoms with Crippen molar-refractivity contribution < 1.29 is 9.72 Å². The highest BCUT2D eigenvalue weighted by atomic mass is 16.6. The molecule has 31 heavy (non-hydrogen) atoms. The molecule has 4 rings (SSSR count). The Morgan fingerprint density at radius 1 is 1.06 bits per heavy atom. The number of nitrogens with one attached hydrogen (secondary N) is 1. The lowest BCUT2D eigenvalue weighted by Gasteiger charge is -2.01. The SMILES string of the molecule is O=C(N/N=C\c1cn(-c2ccc([N+](=O)[O-])cc2)nc1-c1ccccc1)c1cccnc1. The highest BCUT2D eigenvalue weighted by Gasteiger charge is 2.12. The molecule has 1 N–H and O–H groups in total. The lowest BCUT2D eigenvalue weighted by atomic mass is 10.1. The molecule has 0 spiro atoms. The Balaban J connectivity index is 1.64. The van der Waals surface area contributed by atoms with Crippen molar-refractivity contribution in [2.75, 3.05) is 0 Å². The molecule has 0 fully saturated rings. The summed E-state index contributed by atoms with van der Waals surface area (Å²) in [5.74, 6) is -0.381. The fourth-order valence-corrected chi connectivity index (χ4v) is 2.88. The minimum absolute atomic E-state index is 0.000843. The Labute approximate surface area is 176 Å². The minimum atomic E-state index is -0.453. The van der Waals surface area contributed by atoms with Crippen LogP contribution < -0.4 is 5.43 Å². The third-order valence-corrected chi connectivity index (χ3v) is 4.41. The molecule has 0 aliphatic rings. The number of rotatable bonds is 6. The van der Waals surface area contributed by atoms with Gasteiger partial charge in [0.25, 0.3) is 11.6 Å². The molecule has 0 bridgehead atoms. The molecule has 2 heterocycles. The number of nitro benzene ring substituents is 1. The molecule has 0 aliphatic carbocycles. The van der Waals surface area contributed by atoms with Crippen LogP contribution in [0.15, 0.2) is 90.4 Å². The molecule has 9 heteroatoms. The second-order valence-electron chi connectivity index (χ2n) is 6.46. The highest BCUT2D eigenvalue weighted by Crippen LogP contribution is 2.23. The van der Waals surface area contributed by atoms with Gasteiger partial charge < -0.3 is 0 Å². The van der Waals surface area contributed by atoms with Crippen molar-refractivity contribution in [2.24, 2.45) is 5.10 Å². The fourth-order valence-electron chi connectivity index (χ4n) is 2.88. The van der Waals surface area contributed by atoms with Gasteiger partial charge in [-0.2, -0.15) is 10.2 Å². The monoisotopic (exact) mass is 412 g/mol. The molecular formula is C22H16N6O3. The van der Waals surface area contributed by atoms with E-state index in [1.807, 2.05) is 30.3 Å². The second-order valence-corrected chi connectivity index (χ2v) is 6.46. The number of carbonyl (C=O) groups excluding carboxylic acids is 1. The number of nitro groups is 1. The molecule has 2 aromatic carbocycles. The van der Waals surface area contributed by atoms with Crippen LogP contribution in [0, 0.1) is 10.1 Å². The van der Waals surface area contributed by atoms with E-state index < -0.39 is 4.92 Å². The highest BCUT2D eigenvalue weighted by molar-refractivity contribution is 5.95. The summed E-state index contributed by atoms with van der Waals surface area (Å²) in [7, 11) is 0. The number of aromatic nitrogens is 3. The first-order valence-corrected chi connectivity index (χ1v) is 9.25. The lowest BCUT2D eigenvalue weighted by molar-refractivity contribution is -0.384. The van der Waals surface area contributed by atoms with Crippen molar-refractivity contribution >= 4 is 17.8 Å². The maximum Gasteiger partial charge on any atom is 0.272 e. The summed E-state index contributed by atoms with van der Waals surface area (Å²) in [5, 5.41) is 19.6. The number of carbonyl (C=O) groups is 1. The normalized spacial score (nSPS) is 10.8. The number of hydrazone groups is 1. The average Bonchev–Trinajstić information content (AvgIpc) is 3.24. The Bertz CT molecular complexity index is 1240. The predicted octanol–water partition coefficient (Wildman–Crippen LogP) is 3.61. The third-order valence-electron chi connectivity index (χ3n) is 4.41. The van der Waals surface area contributed by atoms with Gasteiger partial charge in [-0.15, -0.1) is 0 Å². The first kappa shape index (κ1) is 19.6. The van der Waals surface area contributed by atoms with E-state index in [4.69, 9.17) is 0 Å². The molecular weight excluding hydrogens is 396 g/mol. The average molecular weight is 412 g/mol. The summed E-state index contributed by atoms with van der Waals surface area (Å²) in [4.78, 5) is 26.5. The van der Waals surface area contributed by atoms with Crippen LogP contribution in [0.3, 0.4) is 0 Å². The van der Waals surface area contributed by atoms with Crippen molar-refractivity contribution in [1.82, 2.24) is 20.2 Å². The van der Waals surface area contributed by atoms with E-state index in [1.165, 1.54) is 24.5 Å². The zero-order valence-electron chi connectivity index (χ0n) is 16.1. The number of non-ortho nitro benzene ring substituents is 1. The maximum atomic E-state index is 12.2. The first-order valence-electron chi connectivity index (χ1n) is 9.25. The Morgan fingerprint density at radius 2 is 1.84 bits per heavy atom. The van der Waals surface area contributed by atoms with E-state index >= 15 is 0 Å². The van der Waals surface area contributed by atoms with Crippen molar-refractivity contribution in [2.45, 2.75) is 0 Å². The van der Waals surface area contributed by atoms with Gasteiger partial charge in [-0.25, -0.2) is 10.1 Å². The van der Waals surface area contributed by atoms with Crippen LogP contribution in [-0.2, 0) is 0 Å². The number of pyridine rings is 1. The second kappa shape index (κ2) is 8.78. The molecule has 1 amide bonds. The van der Waals surface area contributed by atoms with Gasteiger partial charge in [0.1, 0.15) is 5.69 Å². The molecule has 0 aliphatic heterocycles. The minimum Gasteiger partial charge on any atom is -0.267 e. The van der Waals surface area contributed by atoms with Gasteiger partial charge >= 0.3 is 0 Å². The van der Waals surface area contributed by atoms with E-state index in [1.54, 1.807) is 41.3 Å². The number of hydrogen-bond acceptors (Lipinski definition) is 6. The van der Waals surface area contributed by atoms with Crippen molar-refractivity contribution in [3.63, 3.8) is 0 Å². The summed E-state index contributed by atoms with van der Waals surface area (Å²) in [5.41, 5.74) is 5.70. The molecule has 0 atom stereocenters. The molecule has 0 saturated carbocycles. The number of hydrogen-bond donors (Lipinski definition) is 1. The topological polar surface area (TPSA) is 115 Å². The van der Waals surface area contributed by atoms with E-state index in [2.05, 4.69) is 20.6 Å². The summed E-state index contributed by atoms with van der Waals surface area (Å²) < 4.78 is 1.61. The predicted molar refractivity (Wildman–Crippen MR) is 115 cm³/mol. The van der Waals surface area contributed by atoms with E-state index in [0.29, 0.717) is 22.5 Å². The standard InChI is InChI=1S/C22H16N6O3/c29-22(17-7-4-12-23-13-17)25-24-14-18-15-27(19-8-10-20(11-9-19)28(30)31)26-21(18)16-5-2-1-3-6-16/h1-15H,(H,25,29)/b24-14-. The molecule has 0 radical (unpaired) electrons. The van der Waals surface area contributed by atoms with Gasteiger partial charge in [0, 0.05) is 41.9 Å². The third kappa shape index (κ3) is 4.51. The summed E-state index contributed by atoms with van der Waals surface area (Å²) in [6.07, 6.45) is 6.28. The fraction of sp³-hybridized carbons (Fsp3) is 0. The van der Waals surface area contributed by atoms with E-state index in [9.17, 15) is 14.9 Å². The van der Waals surface area contributed by atoms with Gasteiger partial charge in [0.2, 0.25) is 0 Å². The number of amides is 1. The van der Waals surface area contributed by atoms with Crippen LogP contribution in [0.1, 0.15) is 15.9 Å². The first-order chi connectivity index (χ1) is 15.1. The van der Waals surface area contributed by atoms with Gasteiger partial charge in [0.15, 0.2) is 0 Å². The van der Waals surface area contributed by atoms with Gasteiger partial charge in [-0.05, 0) is 24.3 Å². The largest absolute Gasteiger partial charge is 0.272 e. The van der Waals surface area contributed by atoms with Crippen LogP contribution in [0.4, 0.5) is 5.69 Å². The summed E-state index contributed by atoms with van der Waals surface area (Å²) in [6, 6.07) is 18.9. The molecule has 0 saturated heterocycles. The molecule has 9 nitrogen and oxygen atoms in total. The number of benzene rings is 2. The summed E-state index contributed by atoms with van der Waals surface area (Å²) >= 11 is 0. The maximum absolute atomic E-state index is 12.2. The molecule has 4 aromatic rings. The van der Waals surface area contributed by atoms with Crippen molar-refractivity contribution in [1.29, 1.82) is 0 Å². The van der Waals surface area contributed by atoms with Crippen LogP contribution in [0.2, 0.25) is 0 Å². The van der Waals surface area contributed by atoms with Gasteiger partial charge in [-0.3, -0.25) is 19.9 Å². The van der Waals surface area contributed by atoms with E-state index in [0.717, 1.165) is 5.56 Å². The van der Waals surface area contributed by atoms with Crippen molar-refractivity contribution in [3.8, 4) is 16.9 Å². The van der Waals surface area contributed by atoms with Gasteiger partial charge in [0.05, 0.1) is 22.4 Å². The molecule has 2 aromatic heterocycles.